The Bertz CT molecular complexity index is 1400. The molecular weight excluding hydrogens is 595 g/mol. The van der Waals surface area contributed by atoms with Crippen LogP contribution in [-0.4, -0.2) is 82.0 Å². The largest absolute Gasteiger partial charge is 0.410 e. The zero-order valence-electron chi connectivity index (χ0n) is 21.3. The van der Waals surface area contributed by atoms with Crippen LogP contribution < -0.4 is 20.3 Å². The Balaban J connectivity index is 1.64. The van der Waals surface area contributed by atoms with Gasteiger partial charge in [-0.1, -0.05) is 17.7 Å². The molecule has 4 rings (SSSR count). The molecule has 3 N–H and O–H groups in total. The van der Waals surface area contributed by atoms with E-state index in [1.165, 1.54) is 36.1 Å². The Morgan fingerprint density at radius 2 is 1.98 bits per heavy atom. The number of rotatable bonds is 8. The van der Waals surface area contributed by atoms with Crippen LogP contribution in [0.1, 0.15) is 28.1 Å². The van der Waals surface area contributed by atoms with Crippen molar-refractivity contribution in [1.82, 2.24) is 20.3 Å². The fourth-order valence-electron chi connectivity index (χ4n) is 4.70. The smallest absolute Gasteiger partial charge is 0.349 e. The molecule has 0 unspecified atom stereocenters. The Morgan fingerprint density at radius 1 is 1.23 bits per heavy atom. The summed E-state index contributed by atoms with van der Waals surface area (Å²) >= 11 is 6.81. The molecule has 0 radical (unpaired) electrons. The highest BCUT2D eigenvalue weighted by Crippen LogP contribution is 2.30. The Kier molecular flexibility index (Phi) is 9.09. The number of carbonyl (C=O) groups is 3. The van der Waals surface area contributed by atoms with Gasteiger partial charge in [0.25, 0.3) is 5.91 Å². The number of nitrogens with one attached hydrogen (secondary N) is 3. The minimum absolute atomic E-state index is 0.0723. The third kappa shape index (κ3) is 6.60. The first-order valence-electron chi connectivity index (χ1n) is 12.3. The van der Waals surface area contributed by atoms with E-state index in [0.29, 0.717) is 34.3 Å². The van der Waals surface area contributed by atoms with E-state index in [1.807, 2.05) is 0 Å². The van der Waals surface area contributed by atoms with Gasteiger partial charge in [-0.2, -0.15) is 17.9 Å². The number of hydrogen-bond donors (Lipinski definition) is 3. The Labute approximate surface area is 237 Å². The molecule has 2 saturated heterocycles. The van der Waals surface area contributed by atoms with Crippen molar-refractivity contribution in [2.45, 2.75) is 42.9 Å². The lowest BCUT2D eigenvalue weighted by Gasteiger charge is -2.39. The maximum Gasteiger partial charge on any atom is 0.410 e. The van der Waals surface area contributed by atoms with E-state index in [-0.39, 0.29) is 34.3 Å². The molecule has 1 aromatic heterocycles. The van der Waals surface area contributed by atoms with E-state index >= 15 is 0 Å². The fraction of sp³-hybridized carbons (Fsp3) is 0.458. The predicted molar refractivity (Wildman–Crippen MR) is 143 cm³/mol. The first-order chi connectivity index (χ1) is 18.8. The molecule has 2 aliphatic rings. The van der Waals surface area contributed by atoms with Gasteiger partial charge in [-0.3, -0.25) is 14.4 Å². The lowest BCUT2D eigenvalue weighted by atomic mass is 10.1. The summed E-state index contributed by atoms with van der Waals surface area (Å²) in [7, 11) is -4.51. The van der Waals surface area contributed by atoms with Crippen LogP contribution in [0.3, 0.4) is 0 Å². The second-order valence-corrected chi connectivity index (χ2v) is 12.7. The number of halogens is 4. The summed E-state index contributed by atoms with van der Waals surface area (Å²) in [5.41, 5.74) is 0.624. The number of anilines is 1. The minimum Gasteiger partial charge on any atom is -0.349 e. The summed E-state index contributed by atoms with van der Waals surface area (Å²) in [6, 6.07) is 3.27. The van der Waals surface area contributed by atoms with Gasteiger partial charge in [0.05, 0.1) is 14.1 Å². The first kappa shape index (κ1) is 30.2. The number of piperazine rings is 1. The average molecular weight is 622 g/mol. The number of hydrogen-bond acceptors (Lipinski definition) is 7. The predicted octanol–water partition coefficient (Wildman–Crippen LogP) is 2.28. The molecule has 0 aliphatic carbocycles. The van der Waals surface area contributed by atoms with Crippen LogP contribution in [0.15, 0.2) is 35.2 Å². The summed E-state index contributed by atoms with van der Waals surface area (Å²) in [5.74, 6) is -1.97. The molecule has 2 atom stereocenters. The van der Waals surface area contributed by atoms with Gasteiger partial charge in [-0.15, -0.1) is 11.3 Å². The first-order valence-corrected chi connectivity index (χ1v) is 15.0. The maximum absolute atomic E-state index is 13.7. The topological polar surface area (TPSA) is 128 Å². The number of carbonyl (C=O) groups excluding carboxylic acids is 3. The lowest BCUT2D eigenvalue weighted by Crippen LogP contribution is -2.64. The van der Waals surface area contributed by atoms with Crippen molar-refractivity contribution < 1.29 is 36.0 Å². The molecule has 16 heteroatoms. The van der Waals surface area contributed by atoms with Gasteiger partial charge in [0.1, 0.15) is 12.1 Å². The zero-order valence-corrected chi connectivity index (χ0v) is 23.6. The second-order valence-electron chi connectivity index (χ2n) is 9.33. The van der Waals surface area contributed by atoms with E-state index in [1.54, 1.807) is 6.07 Å². The van der Waals surface area contributed by atoms with Crippen molar-refractivity contribution >= 4 is 56.4 Å². The average Bonchev–Trinajstić information content (AvgIpc) is 3.53. The van der Waals surface area contributed by atoms with Crippen LogP contribution in [0.2, 0.25) is 4.34 Å². The minimum atomic E-state index is -4.77. The molecule has 10 nitrogen and oxygen atoms in total. The second kappa shape index (κ2) is 12.0. The molecule has 0 saturated carbocycles. The van der Waals surface area contributed by atoms with Crippen molar-refractivity contribution in [3.05, 3.63) is 45.1 Å². The van der Waals surface area contributed by atoms with Gasteiger partial charge in [-0.05, 0) is 43.2 Å². The number of sulfonamides is 1. The van der Waals surface area contributed by atoms with Gasteiger partial charge in [0, 0.05) is 44.8 Å². The Morgan fingerprint density at radius 3 is 2.60 bits per heavy atom. The van der Waals surface area contributed by atoms with Gasteiger partial charge < -0.3 is 20.4 Å². The van der Waals surface area contributed by atoms with Crippen LogP contribution >= 0.6 is 22.9 Å². The van der Waals surface area contributed by atoms with Crippen LogP contribution in [-0.2, 0) is 19.6 Å². The van der Waals surface area contributed by atoms with Crippen molar-refractivity contribution in [2.75, 3.05) is 37.6 Å². The number of nitrogens with zero attached hydrogens (tertiary/aromatic N) is 2. The van der Waals surface area contributed by atoms with Gasteiger partial charge in [0.15, 0.2) is 0 Å². The standard InChI is InChI=1S/C24H27ClF3N5O5S2/c1-14-16(32-10-3-6-21(32)34)4-2-5-18(14)40(37,38)31-15(12-30-22(35)17-7-8-20(25)39-17)23(36)33-11-9-29-13-19(33)24(26,27)28/h2,4-5,7-8,15,19,29,31H,3,6,9-13H2,1H3,(H,30,35)/t15-,19-/m0/s1. The number of amides is 3. The SMILES string of the molecule is Cc1c(N2CCCC2=O)cccc1S(=O)(=O)N[C@@H](CNC(=O)c1ccc(Cl)s1)C(=O)N1CCNC[C@H]1C(F)(F)F. The monoisotopic (exact) mass is 621 g/mol. The summed E-state index contributed by atoms with van der Waals surface area (Å²) in [6.07, 6.45) is -3.83. The van der Waals surface area contributed by atoms with E-state index in [9.17, 15) is 36.0 Å². The highest BCUT2D eigenvalue weighted by atomic mass is 35.5. The summed E-state index contributed by atoms with van der Waals surface area (Å²) in [6.45, 7) is 0.497. The van der Waals surface area contributed by atoms with Gasteiger partial charge >= 0.3 is 6.18 Å². The highest BCUT2D eigenvalue weighted by Gasteiger charge is 2.48. The number of thiophene rings is 1. The molecule has 1 aromatic carbocycles. The molecule has 3 heterocycles. The summed E-state index contributed by atoms with van der Waals surface area (Å²) in [4.78, 5) is 40.3. The van der Waals surface area contributed by atoms with Crippen molar-refractivity contribution in [2.24, 2.45) is 0 Å². The third-order valence-electron chi connectivity index (χ3n) is 6.67. The number of benzene rings is 1. The van der Waals surface area contributed by atoms with E-state index in [0.717, 1.165) is 11.3 Å². The maximum atomic E-state index is 13.7. The molecule has 218 valence electrons. The lowest BCUT2D eigenvalue weighted by molar-refractivity contribution is -0.193. The Hall–Kier alpha value is -2.72. The van der Waals surface area contributed by atoms with Crippen molar-refractivity contribution in [3.63, 3.8) is 0 Å². The molecule has 2 aromatic rings. The van der Waals surface area contributed by atoms with E-state index in [2.05, 4.69) is 15.4 Å². The van der Waals surface area contributed by atoms with Crippen molar-refractivity contribution in [3.8, 4) is 0 Å². The van der Waals surface area contributed by atoms with Gasteiger partial charge in [-0.25, -0.2) is 8.42 Å². The highest BCUT2D eigenvalue weighted by molar-refractivity contribution is 7.89. The quantitative estimate of drug-likeness (QED) is 0.415. The summed E-state index contributed by atoms with van der Waals surface area (Å²) in [5, 5.41) is 5.02. The third-order valence-corrected chi connectivity index (χ3v) is 9.52. The van der Waals surface area contributed by atoms with Crippen LogP contribution in [0.5, 0.6) is 0 Å². The summed E-state index contributed by atoms with van der Waals surface area (Å²) < 4.78 is 70.9. The normalized spacial score (nSPS) is 19.1. The van der Waals surface area contributed by atoms with E-state index in [4.69, 9.17) is 11.6 Å². The zero-order chi connectivity index (χ0) is 29.2. The molecule has 0 bridgehead atoms. The van der Waals surface area contributed by atoms with Crippen LogP contribution in [0.25, 0.3) is 0 Å². The van der Waals surface area contributed by atoms with E-state index < -0.39 is 53.2 Å². The molecule has 2 aliphatic heterocycles. The number of alkyl halides is 3. The van der Waals surface area contributed by atoms with Crippen LogP contribution in [0.4, 0.5) is 18.9 Å². The van der Waals surface area contributed by atoms with Gasteiger partial charge in [0.2, 0.25) is 21.8 Å². The molecule has 0 spiro atoms. The molecule has 2 fully saturated rings. The molecular formula is C24H27ClF3N5O5S2. The molecule has 40 heavy (non-hydrogen) atoms. The van der Waals surface area contributed by atoms with Crippen molar-refractivity contribution in [1.29, 1.82) is 0 Å². The van der Waals surface area contributed by atoms with Crippen LogP contribution in [0, 0.1) is 6.92 Å². The molecule has 3 amide bonds. The fourth-order valence-corrected chi connectivity index (χ4v) is 7.11.